The van der Waals surface area contributed by atoms with E-state index in [4.69, 9.17) is 10.5 Å². The van der Waals surface area contributed by atoms with Gasteiger partial charge in [0.1, 0.15) is 17.3 Å². The van der Waals surface area contributed by atoms with Gasteiger partial charge in [0.2, 0.25) is 0 Å². The van der Waals surface area contributed by atoms with Crippen LogP contribution < -0.4 is 11.1 Å². The Labute approximate surface area is 109 Å². The summed E-state index contributed by atoms with van der Waals surface area (Å²) in [7, 11) is 0. The maximum absolute atomic E-state index is 13.3. The first-order valence-corrected chi connectivity index (χ1v) is 6.06. The van der Waals surface area contributed by atoms with Crippen molar-refractivity contribution in [3.63, 3.8) is 0 Å². The van der Waals surface area contributed by atoms with Crippen LogP contribution in [-0.2, 0) is 4.74 Å². The van der Waals surface area contributed by atoms with E-state index in [-0.39, 0.29) is 5.56 Å². The van der Waals surface area contributed by atoms with Crippen LogP contribution in [0.25, 0.3) is 0 Å². The zero-order valence-corrected chi connectivity index (χ0v) is 10.6. The summed E-state index contributed by atoms with van der Waals surface area (Å²) in [6, 6.07) is 1.88. The Hall–Kier alpha value is -1.69. The minimum absolute atomic E-state index is 0.0723. The van der Waals surface area contributed by atoms with E-state index in [0.717, 1.165) is 12.1 Å². The molecule has 4 nitrogen and oxygen atoms in total. The third kappa shape index (κ3) is 3.01. The predicted molar refractivity (Wildman–Crippen MR) is 66.7 cm³/mol. The van der Waals surface area contributed by atoms with Gasteiger partial charge in [-0.05, 0) is 31.9 Å². The Morgan fingerprint density at radius 1 is 1.32 bits per heavy atom. The number of nitrogens with one attached hydrogen (secondary N) is 1. The van der Waals surface area contributed by atoms with Gasteiger partial charge < -0.3 is 15.8 Å². The zero-order chi connectivity index (χ0) is 14.0. The molecule has 0 aromatic heterocycles. The summed E-state index contributed by atoms with van der Waals surface area (Å²) in [5.74, 6) is -2.37. The average molecular weight is 270 g/mol. The van der Waals surface area contributed by atoms with Crippen LogP contribution in [0.4, 0.5) is 14.5 Å². The topological polar surface area (TPSA) is 64.4 Å². The molecule has 0 aliphatic carbocycles. The number of ether oxygens (including phenoxy) is 1. The molecule has 1 fully saturated rings. The molecule has 1 saturated heterocycles. The van der Waals surface area contributed by atoms with Crippen LogP contribution in [0, 0.1) is 11.6 Å². The van der Waals surface area contributed by atoms with E-state index in [2.05, 4.69) is 5.32 Å². The number of anilines is 1. The molecule has 1 heterocycles. The van der Waals surface area contributed by atoms with Crippen LogP contribution in [0.1, 0.15) is 30.1 Å². The summed E-state index contributed by atoms with van der Waals surface area (Å²) < 4.78 is 31.8. The van der Waals surface area contributed by atoms with Crippen molar-refractivity contribution < 1.29 is 18.3 Å². The van der Waals surface area contributed by atoms with E-state index in [1.807, 2.05) is 6.92 Å². The third-order valence-electron chi connectivity index (χ3n) is 3.35. The van der Waals surface area contributed by atoms with Crippen LogP contribution in [-0.4, -0.2) is 24.7 Å². The van der Waals surface area contributed by atoms with Crippen molar-refractivity contribution in [1.29, 1.82) is 0 Å². The summed E-state index contributed by atoms with van der Waals surface area (Å²) in [6.45, 7) is 3.00. The van der Waals surface area contributed by atoms with Crippen molar-refractivity contribution in [1.82, 2.24) is 5.32 Å². The normalized spacial score (nSPS) is 18.1. The number of carbonyl (C=O) groups excluding carboxylic acids is 1. The second kappa shape index (κ2) is 5.13. The van der Waals surface area contributed by atoms with Crippen molar-refractivity contribution in [2.45, 2.75) is 25.3 Å². The first-order chi connectivity index (χ1) is 8.91. The van der Waals surface area contributed by atoms with Crippen molar-refractivity contribution in [3.8, 4) is 0 Å². The Balaban J connectivity index is 2.16. The van der Waals surface area contributed by atoms with E-state index in [1.165, 1.54) is 0 Å². The first kappa shape index (κ1) is 13.7. The molecule has 0 radical (unpaired) electrons. The molecular formula is C13H16F2N2O2. The van der Waals surface area contributed by atoms with Crippen LogP contribution >= 0.6 is 0 Å². The molecule has 2 rings (SSSR count). The molecule has 0 unspecified atom stereocenters. The monoisotopic (exact) mass is 270 g/mol. The summed E-state index contributed by atoms with van der Waals surface area (Å²) >= 11 is 0. The van der Waals surface area contributed by atoms with Gasteiger partial charge in [-0.3, -0.25) is 4.79 Å². The third-order valence-corrected chi connectivity index (χ3v) is 3.35. The van der Waals surface area contributed by atoms with Gasteiger partial charge in [0.25, 0.3) is 5.91 Å². The van der Waals surface area contributed by atoms with Crippen LogP contribution in [0.5, 0.6) is 0 Å². The lowest BCUT2D eigenvalue weighted by Gasteiger charge is -2.34. The lowest BCUT2D eigenvalue weighted by atomic mass is 9.92. The van der Waals surface area contributed by atoms with Crippen molar-refractivity contribution >= 4 is 11.6 Å². The molecule has 6 heteroatoms. The number of hydrogen-bond donors (Lipinski definition) is 2. The van der Waals surface area contributed by atoms with Gasteiger partial charge in [0.15, 0.2) is 0 Å². The molecule has 0 spiro atoms. The highest BCUT2D eigenvalue weighted by Gasteiger charge is 2.29. The van der Waals surface area contributed by atoms with E-state index >= 15 is 0 Å². The van der Waals surface area contributed by atoms with Gasteiger partial charge in [0.05, 0.1) is 0 Å². The predicted octanol–water partition coefficient (Wildman–Crippen LogP) is 1.85. The number of nitrogen functional groups attached to an aromatic ring is 1. The highest BCUT2D eigenvalue weighted by molar-refractivity contribution is 5.95. The number of nitrogens with two attached hydrogens (primary N) is 1. The van der Waals surface area contributed by atoms with Crippen molar-refractivity contribution in [2.75, 3.05) is 18.9 Å². The second-order valence-electron chi connectivity index (χ2n) is 4.98. The van der Waals surface area contributed by atoms with Gasteiger partial charge in [-0.25, -0.2) is 8.78 Å². The highest BCUT2D eigenvalue weighted by atomic mass is 19.1. The van der Waals surface area contributed by atoms with Crippen LogP contribution in [0.15, 0.2) is 12.1 Å². The fourth-order valence-electron chi connectivity index (χ4n) is 2.01. The number of carbonyl (C=O) groups is 1. The first-order valence-electron chi connectivity index (χ1n) is 6.06. The van der Waals surface area contributed by atoms with Crippen LogP contribution in [0.3, 0.4) is 0 Å². The van der Waals surface area contributed by atoms with E-state index in [1.54, 1.807) is 0 Å². The molecule has 1 aliphatic heterocycles. The highest BCUT2D eigenvalue weighted by Crippen LogP contribution is 2.22. The molecule has 0 atom stereocenters. The number of halogens is 2. The zero-order valence-electron chi connectivity index (χ0n) is 10.6. The maximum Gasteiger partial charge on any atom is 0.251 e. The summed E-state index contributed by atoms with van der Waals surface area (Å²) in [5.41, 5.74) is 4.10. The van der Waals surface area contributed by atoms with E-state index in [9.17, 15) is 13.6 Å². The molecule has 0 saturated carbocycles. The van der Waals surface area contributed by atoms with Crippen molar-refractivity contribution in [3.05, 3.63) is 29.3 Å². The number of amides is 1. The van der Waals surface area contributed by atoms with Gasteiger partial charge in [-0.1, -0.05) is 0 Å². The fraction of sp³-hybridized carbons (Fsp3) is 0.462. The standard InChI is InChI=1S/C13H16F2N2O2/c1-13(2-4-19-5-3-13)17-12(18)8-6-9(14)11(16)10(15)7-8/h6-7H,2-5,16H2,1H3,(H,17,18). The molecule has 1 amide bonds. The molecule has 104 valence electrons. The Morgan fingerprint density at radius 3 is 2.37 bits per heavy atom. The fourth-order valence-corrected chi connectivity index (χ4v) is 2.01. The Bertz CT molecular complexity index is 476. The second-order valence-corrected chi connectivity index (χ2v) is 4.98. The molecule has 0 bridgehead atoms. The lowest BCUT2D eigenvalue weighted by Crippen LogP contribution is -2.49. The van der Waals surface area contributed by atoms with Gasteiger partial charge in [0, 0.05) is 24.3 Å². The van der Waals surface area contributed by atoms with Crippen molar-refractivity contribution in [2.24, 2.45) is 0 Å². The Kier molecular flexibility index (Phi) is 3.71. The van der Waals surface area contributed by atoms with E-state index in [0.29, 0.717) is 26.1 Å². The average Bonchev–Trinajstić information content (AvgIpc) is 2.35. The number of rotatable bonds is 2. The minimum atomic E-state index is -0.928. The largest absolute Gasteiger partial charge is 0.394 e. The minimum Gasteiger partial charge on any atom is -0.394 e. The number of hydrogen-bond acceptors (Lipinski definition) is 3. The summed E-state index contributed by atoms with van der Waals surface area (Å²) in [5, 5.41) is 2.79. The molecular weight excluding hydrogens is 254 g/mol. The van der Waals surface area contributed by atoms with Crippen LogP contribution in [0.2, 0.25) is 0 Å². The van der Waals surface area contributed by atoms with E-state index < -0.39 is 28.8 Å². The SMILES string of the molecule is CC1(NC(=O)c2cc(F)c(N)c(F)c2)CCOCC1. The molecule has 1 aliphatic rings. The van der Waals surface area contributed by atoms with Gasteiger partial charge in [-0.15, -0.1) is 0 Å². The van der Waals surface area contributed by atoms with Gasteiger partial charge in [-0.2, -0.15) is 0 Å². The molecule has 1 aromatic rings. The summed E-state index contributed by atoms with van der Waals surface area (Å²) in [4.78, 5) is 12.0. The quantitative estimate of drug-likeness (QED) is 0.806. The maximum atomic E-state index is 13.3. The number of benzene rings is 1. The smallest absolute Gasteiger partial charge is 0.251 e. The lowest BCUT2D eigenvalue weighted by molar-refractivity contribution is 0.0422. The summed E-state index contributed by atoms with van der Waals surface area (Å²) in [6.07, 6.45) is 1.33. The molecule has 3 N–H and O–H groups in total. The molecule has 1 aromatic carbocycles. The molecule has 19 heavy (non-hydrogen) atoms. The van der Waals surface area contributed by atoms with Gasteiger partial charge >= 0.3 is 0 Å². The Morgan fingerprint density at radius 2 is 1.84 bits per heavy atom.